The first kappa shape index (κ1) is 14.6. The van der Waals surface area contributed by atoms with Crippen LogP contribution < -0.4 is 11.1 Å². The number of aliphatic hydroxyl groups is 1. The lowest BCUT2D eigenvalue weighted by molar-refractivity contribution is 0.0587. The van der Waals surface area contributed by atoms with Crippen LogP contribution in [-0.2, 0) is 11.3 Å². The summed E-state index contributed by atoms with van der Waals surface area (Å²) in [4.78, 5) is 15.8. The van der Waals surface area contributed by atoms with E-state index in [1.54, 1.807) is 18.3 Å². The Labute approximate surface area is 106 Å². The lowest BCUT2D eigenvalue weighted by Crippen LogP contribution is -2.28. The average molecular weight is 253 g/mol. The van der Waals surface area contributed by atoms with E-state index in [-0.39, 0.29) is 12.5 Å². The number of aliphatic hydroxyl groups excluding tert-OH is 1. The Balaban J connectivity index is 2.40. The molecule has 1 amide bonds. The number of carbonyl (C=O) groups is 1. The monoisotopic (exact) mass is 253 g/mol. The molecule has 6 nitrogen and oxygen atoms in total. The lowest BCUT2D eigenvalue weighted by atomic mass is 10.2. The van der Waals surface area contributed by atoms with Gasteiger partial charge in [-0.1, -0.05) is 0 Å². The average Bonchev–Trinajstić information content (AvgIpc) is 2.39. The predicted octanol–water partition coefficient (Wildman–Crippen LogP) is -0.332. The van der Waals surface area contributed by atoms with Gasteiger partial charge in [-0.3, -0.25) is 9.78 Å². The maximum absolute atomic E-state index is 11.8. The molecule has 0 aliphatic carbocycles. The molecule has 1 aromatic rings. The normalized spacial score (nSPS) is 12.2. The fourth-order valence-corrected chi connectivity index (χ4v) is 1.46. The number of methoxy groups -OCH3 is 1. The molecular weight excluding hydrogens is 234 g/mol. The van der Waals surface area contributed by atoms with E-state index in [1.807, 2.05) is 0 Å². The molecule has 0 saturated heterocycles. The van der Waals surface area contributed by atoms with E-state index in [9.17, 15) is 9.90 Å². The minimum absolute atomic E-state index is 0.197. The highest BCUT2D eigenvalue weighted by atomic mass is 16.5. The van der Waals surface area contributed by atoms with Gasteiger partial charge in [0.1, 0.15) is 0 Å². The Morgan fingerprint density at radius 2 is 2.44 bits per heavy atom. The lowest BCUT2D eigenvalue weighted by Gasteiger charge is -2.10. The van der Waals surface area contributed by atoms with Crippen LogP contribution in [0.3, 0.4) is 0 Å². The Kier molecular flexibility index (Phi) is 6.27. The quantitative estimate of drug-likeness (QED) is 0.618. The van der Waals surface area contributed by atoms with E-state index >= 15 is 0 Å². The van der Waals surface area contributed by atoms with Crippen molar-refractivity contribution in [1.29, 1.82) is 0 Å². The van der Waals surface area contributed by atoms with Crippen molar-refractivity contribution in [1.82, 2.24) is 10.3 Å². The highest BCUT2D eigenvalue weighted by Gasteiger charge is 2.08. The second-order valence-electron chi connectivity index (χ2n) is 3.89. The van der Waals surface area contributed by atoms with Crippen molar-refractivity contribution in [3.63, 3.8) is 0 Å². The topological polar surface area (TPSA) is 97.5 Å². The summed E-state index contributed by atoms with van der Waals surface area (Å²) in [5.74, 6) is -0.197. The van der Waals surface area contributed by atoms with Crippen molar-refractivity contribution in [2.45, 2.75) is 19.1 Å². The molecule has 4 N–H and O–H groups in total. The summed E-state index contributed by atoms with van der Waals surface area (Å²) in [5, 5.41) is 12.1. The van der Waals surface area contributed by atoms with Gasteiger partial charge in [0, 0.05) is 32.0 Å². The highest BCUT2D eigenvalue weighted by Crippen LogP contribution is 2.01. The van der Waals surface area contributed by atoms with Crippen LogP contribution in [0, 0.1) is 0 Å². The van der Waals surface area contributed by atoms with Gasteiger partial charge in [-0.2, -0.15) is 0 Å². The van der Waals surface area contributed by atoms with Gasteiger partial charge in [0.2, 0.25) is 0 Å². The molecule has 1 unspecified atom stereocenters. The summed E-state index contributed by atoms with van der Waals surface area (Å²) >= 11 is 0. The Morgan fingerprint density at radius 3 is 3.11 bits per heavy atom. The van der Waals surface area contributed by atoms with Gasteiger partial charge in [0.15, 0.2) is 0 Å². The van der Waals surface area contributed by atoms with Gasteiger partial charge in [0.05, 0.1) is 18.4 Å². The maximum atomic E-state index is 11.8. The fourth-order valence-electron chi connectivity index (χ4n) is 1.46. The van der Waals surface area contributed by atoms with Crippen LogP contribution in [0.1, 0.15) is 22.5 Å². The SMILES string of the molecule is COCC(O)CCNC(=O)c1ccnc(CN)c1. The molecule has 6 heteroatoms. The molecule has 0 fully saturated rings. The van der Waals surface area contributed by atoms with Crippen molar-refractivity contribution >= 4 is 5.91 Å². The molecule has 1 rings (SSSR count). The van der Waals surface area contributed by atoms with Gasteiger partial charge in [-0.15, -0.1) is 0 Å². The number of nitrogens with one attached hydrogen (secondary N) is 1. The number of carbonyl (C=O) groups excluding carboxylic acids is 1. The molecule has 100 valence electrons. The molecule has 1 atom stereocenters. The fraction of sp³-hybridized carbons (Fsp3) is 0.500. The van der Waals surface area contributed by atoms with Crippen LogP contribution in [0.2, 0.25) is 0 Å². The van der Waals surface area contributed by atoms with Crippen molar-refractivity contribution < 1.29 is 14.6 Å². The number of nitrogens with two attached hydrogens (primary N) is 1. The molecular formula is C12H19N3O3. The molecule has 0 aliphatic rings. The standard InChI is InChI=1S/C12H19N3O3/c1-18-8-11(16)3-5-15-12(17)9-2-4-14-10(6-9)7-13/h2,4,6,11,16H,3,5,7-8,13H2,1H3,(H,15,17). The Bertz CT molecular complexity index is 385. The van der Waals surface area contributed by atoms with Gasteiger partial charge >= 0.3 is 0 Å². The summed E-state index contributed by atoms with van der Waals surface area (Å²) in [5.41, 5.74) is 6.64. The van der Waals surface area contributed by atoms with Crippen molar-refractivity contribution in [2.75, 3.05) is 20.3 Å². The summed E-state index contributed by atoms with van der Waals surface area (Å²) in [6.45, 7) is 0.958. The predicted molar refractivity (Wildman–Crippen MR) is 67.0 cm³/mol. The second kappa shape index (κ2) is 7.75. The molecule has 1 heterocycles. The van der Waals surface area contributed by atoms with Crippen molar-refractivity contribution in [3.05, 3.63) is 29.6 Å². The number of aromatic nitrogens is 1. The molecule has 0 spiro atoms. The van der Waals surface area contributed by atoms with Crippen LogP contribution in [0.5, 0.6) is 0 Å². The number of pyridine rings is 1. The second-order valence-corrected chi connectivity index (χ2v) is 3.89. The smallest absolute Gasteiger partial charge is 0.251 e. The number of nitrogens with zero attached hydrogens (tertiary/aromatic N) is 1. The zero-order valence-electron chi connectivity index (χ0n) is 10.4. The van der Waals surface area contributed by atoms with Gasteiger partial charge in [-0.25, -0.2) is 0 Å². The van der Waals surface area contributed by atoms with E-state index in [0.29, 0.717) is 30.8 Å². The number of ether oxygens (including phenoxy) is 1. The van der Waals surface area contributed by atoms with Gasteiger partial charge in [0.25, 0.3) is 5.91 Å². The number of rotatable bonds is 7. The summed E-state index contributed by atoms with van der Waals surface area (Å²) in [6.07, 6.45) is 1.44. The molecule has 1 aromatic heterocycles. The summed E-state index contributed by atoms with van der Waals surface area (Å²) in [6, 6.07) is 3.28. The van der Waals surface area contributed by atoms with Crippen LogP contribution >= 0.6 is 0 Å². The Hall–Kier alpha value is -1.50. The third-order valence-corrected chi connectivity index (χ3v) is 2.41. The maximum Gasteiger partial charge on any atom is 0.251 e. The molecule has 18 heavy (non-hydrogen) atoms. The number of amides is 1. The minimum atomic E-state index is -0.563. The first-order valence-corrected chi connectivity index (χ1v) is 5.77. The minimum Gasteiger partial charge on any atom is -0.391 e. The molecule has 0 aromatic carbocycles. The van der Waals surface area contributed by atoms with Crippen molar-refractivity contribution in [3.8, 4) is 0 Å². The van der Waals surface area contributed by atoms with E-state index < -0.39 is 6.10 Å². The summed E-state index contributed by atoms with van der Waals surface area (Å²) in [7, 11) is 1.52. The highest BCUT2D eigenvalue weighted by molar-refractivity contribution is 5.94. The Morgan fingerprint density at radius 1 is 1.67 bits per heavy atom. The largest absolute Gasteiger partial charge is 0.391 e. The van der Waals surface area contributed by atoms with E-state index in [1.165, 1.54) is 7.11 Å². The molecule has 0 saturated carbocycles. The third-order valence-electron chi connectivity index (χ3n) is 2.41. The first-order valence-electron chi connectivity index (χ1n) is 5.77. The van der Waals surface area contributed by atoms with Crippen LogP contribution in [0.15, 0.2) is 18.3 Å². The summed E-state index contributed by atoms with van der Waals surface area (Å²) < 4.78 is 4.79. The molecule has 0 bridgehead atoms. The van der Waals surface area contributed by atoms with E-state index in [0.717, 1.165) is 0 Å². The zero-order chi connectivity index (χ0) is 13.4. The van der Waals surface area contributed by atoms with Crippen LogP contribution in [0.4, 0.5) is 0 Å². The number of hydrogen-bond acceptors (Lipinski definition) is 5. The number of hydrogen-bond donors (Lipinski definition) is 3. The van der Waals surface area contributed by atoms with Crippen LogP contribution in [0.25, 0.3) is 0 Å². The van der Waals surface area contributed by atoms with Crippen LogP contribution in [-0.4, -0.2) is 42.4 Å². The van der Waals surface area contributed by atoms with Gasteiger partial charge in [-0.05, 0) is 18.6 Å². The van der Waals surface area contributed by atoms with Crippen molar-refractivity contribution in [2.24, 2.45) is 5.73 Å². The zero-order valence-corrected chi connectivity index (χ0v) is 10.4. The molecule has 0 radical (unpaired) electrons. The molecule has 0 aliphatic heterocycles. The van der Waals surface area contributed by atoms with Gasteiger partial charge < -0.3 is 20.9 Å². The van der Waals surface area contributed by atoms with E-state index in [2.05, 4.69) is 10.3 Å². The third kappa shape index (κ3) is 4.79. The first-order chi connectivity index (χ1) is 8.67. The van der Waals surface area contributed by atoms with E-state index in [4.69, 9.17) is 10.5 Å².